The number of hydrogen-bond donors (Lipinski definition) is 1. The lowest BCUT2D eigenvalue weighted by Gasteiger charge is -2.07. The van der Waals surface area contributed by atoms with Gasteiger partial charge < -0.3 is 0 Å². The van der Waals surface area contributed by atoms with Crippen LogP contribution in [0.5, 0.6) is 0 Å². The van der Waals surface area contributed by atoms with Crippen LogP contribution in [0.25, 0.3) is 0 Å². The molecule has 132 valence electrons. The average Bonchev–Trinajstić information content (AvgIpc) is 2.62. The maximum Gasteiger partial charge on any atom is 0.263 e. The van der Waals surface area contributed by atoms with E-state index in [1.54, 1.807) is 54.7 Å². The topological polar surface area (TPSA) is 71.4 Å². The Hall–Kier alpha value is -2.41. The van der Waals surface area contributed by atoms with Crippen LogP contribution in [0.1, 0.15) is 5.56 Å². The number of benzene rings is 2. The molecule has 1 N–H and O–H groups in total. The maximum atomic E-state index is 12.4. The minimum absolute atomic E-state index is 0.109. The van der Waals surface area contributed by atoms with Gasteiger partial charge >= 0.3 is 0 Å². The summed E-state index contributed by atoms with van der Waals surface area (Å²) in [5, 5.41) is 0.972. The predicted octanol–water partition coefficient (Wildman–Crippen LogP) is 4.94. The Bertz CT molecular complexity index is 1020. The molecule has 8 heteroatoms. The summed E-state index contributed by atoms with van der Waals surface area (Å²) in [5.41, 5.74) is 1.17. The van der Waals surface area contributed by atoms with Gasteiger partial charge in [0.1, 0.15) is 5.82 Å². The van der Waals surface area contributed by atoms with Crippen molar-refractivity contribution in [2.45, 2.75) is 4.90 Å². The molecule has 0 radical (unpaired) electrons. The number of aliphatic imine (C=N–C) groups is 1. The molecule has 0 saturated heterocycles. The lowest BCUT2D eigenvalue weighted by molar-refractivity contribution is 0.601. The summed E-state index contributed by atoms with van der Waals surface area (Å²) in [7, 11) is -3.72. The zero-order valence-electron chi connectivity index (χ0n) is 13.3. The van der Waals surface area contributed by atoms with Crippen molar-refractivity contribution in [3.8, 4) is 0 Å². The third kappa shape index (κ3) is 4.40. The van der Waals surface area contributed by atoms with E-state index in [0.717, 1.165) is 0 Å². The van der Waals surface area contributed by atoms with Gasteiger partial charge in [0.2, 0.25) is 0 Å². The number of rotatable bonds is 5. The predicted molar refractivity (Wildman–Crippen MR) is 105 cm³/mol. The first-order valence-corrected chi connectivity index (χ1v) is 9.71. The highest BCUT2D eigenvalue weighted by Gasteiger charge is 2.14. The fraction of sp³-hybridized carbons (Fsp3) is 0. The second-order valence-corrected chi connectivity index (χ2v) is 7.70. The fourth-order valence-corrected chi connectivity index (χ4v) is 3.61. The molecule has 5 nitrogen and oxygen atoms in total. The molecule has 3 aromatic rings. The van der Waals surface area contributed by atoms with Gasteiger partial charge in [-0.3, -0.25) is 9.71 Å². The van der Waals surface area contributed by atoms with E-state index in [4.69, 9.17) is 23.2 Å². The van der Waals surface area contributed by atoms with Crippen LogP contribution in [0.3, 0.4) is 0 Å². The Kier molecular flexibility index (Phi) is 5.56. The Morgan fingerprint density at radius 2 is 1.62 bits per heavy atom. The molecule has 1 aromatic heterocycles. The van der Waals surface area contributed by atoms with Crippen LogP contribution < -0.4 is 4.72 Å². The lowest BCUT2D eigenvalue weighted by Crippen LogP contribution is -2.13. The van der Waals surface area contributed by atoms with Crippen molar-refractivity contribution < 1.29 is 8.42 Å². The highest BCUT2D eigenvalue weighted by molar-refractivity contribution is 7.92. The van der Waals surface area contributed by atoms with Gasteiger partial charge in [-0.2, -0.15) is 0 Å². The molecular formula is C18H13Cl2N3O2S. The molecule has 1 heterocycles. The monoisotopic (exact) mass is 405 g/mol. The molecule has 3 rings (SSSR count). The van der Waals surface area contributed by atoms with Gasteiger partial charge in [-0.15, -0.1) is 0 Å². The molecule has 0 saturated carbocycles. The second kappa shape index (κ2) is 7.86. The molecular weight excluding hydrogens is 393 g/mol. The van der Waals surface area contributed by atoms with E-state index < -0.39 is 10.0 Å². The van der Waals surface area contributed by atoms with E-state index in [0.29, 0.717) is 21.3 Å². The molecule has 0 amide bonds. The van der Waals surface area contributed by atoms with Crippen LogP contribution in [0.15, 0.2) is 76.7 Å². The summed E-state index contributed by atoms with van der Waals surface area (Å²) < 4.78 is 27.1. The molecule has 0 aliphatic rings. The standard InChI is InChI=1S/C18H13Cl2N3O2S/c19-16-4-3-5-17(20)15(16)12-22-13-7-9-14(10-8-13)26(24,25)23-18-6-1-2-11-21-18/h1-12H,(H,21,23). The normalized spacial score (nSPS) is 11.6. The summed E-state index contributed by atoms with van der Waals surface area (Å²) in [5.74, 6) is 0.253. The van der Waals surface area contributed by atoms with E-state index >= 15 is 0 Å². The van der Waals surface area contributed by atoms with Crippen molar-refractivity contribution in [2.24, 2.45) is 4.99 Å². The van der Waals surface area contributed by atoms with Gasteiger partial charge in [0.05, 0.1) is 20.6 Å². The molecule has 0 bridgehead atoms. The summed E-state index contributed by atoms with van der Waals surface area (Å²) >= 11 is 12.2. The number of nitrogens with zero attached hydrogens (tertiary/aromatic N) is 2. The first kappa shape index (κ1) is 18.4. The van der Waals surface area contributed by atoms with Crippen molar-refractivity contribution in [1.29, 1.82) is 0 Å². The van der Waals surface area contributed by atoms with Gasteiger partial charge in [-0.05, 0) is 48.5 Å². The lowest BCUT2D eigenvalue weighted by atomic mass is 10.2. The van der Waals surface area contributed by atoms with Crippen LogP contribution in [0, 0.1) is 0 Å². The Morgan fingerprint density at radius 1 is 0.923 bits per heavy atom. The van der Waals surface area contributed by atoms with E-state index in [1.807, 2.05) is 0 Å². The minimum atomic E-state index is -3.72. The van der Waals surface area contributed by atoms with Crippen LogP contribution in [-0.2, 0) is 10.0 Å². The highest BCUT2D eigenvalue weighted by Crippen LogP contribution is 2.24. The second-order valence-electron chi connectivity index (χ2n) is 5.21. The molecule has 0 fully saturated rings. The van der Waals surface area contributed by atoms with Crippen molar-refractivity contribution >= 4 is 50.9 Å². The molecule has 2 aromatic carbocycles. The third-order valence-corrected chi connectivity index (χ3v) is 5.42. The van der Waals surface area contributed by atoms with Gasteiger partial charge in [0, 0.05) is 18.0 Å². The average molecular weight is 406 g/mol. The van der Waals surface area contributed by atoms with Crippen LogP contribution >= 0.6 is 23.2 Å². The molecule has 0 atom stereocenters. The van der Waals surface area contributed by atoms with Crippen molar-refractivity contribution in [3.63, 3.8) is 0 Å². The van der Waals surface area contributed by atoms with Crippen LogP contribution in [0.2, 0.25) is 10.0 Å². The Morgan fingerprint density at radius 3 is 2.23 bits per heavy atom. The largest absolute Gasteiger partial charge is 0.263 e. The molecule has 26 heavy (non-hydrogen) atoms. The Labute approximate surface area is 161 Å². The zero-order chi connectivity index (χ0) is 18.6. The van der Waals surface area contributed by atoms with E-state index in [-0.39, 0.29) is 10.7 Å². The molecule has 0 unspecified atom stereocenters. The highest BCUT2D eigenvalue weighted by atomic mass is 35.5. The fourth-order valence-electron chi connectivity index (χ4n) is 2.10. The third-order valence-electron chi connectivity index (χ3n) is 3.39. The van der Waals surface area contributed by atoms with E-state index in [9.17, 15) is 8.42 Å². The van der Waals surface area contributed by atoms with Gasteiger partial charge in [0.25, 0.3) is 10.0 Å². The van der Waals surface area contributed by atoms with Crippen LogP contribution in [-0.4, -0.2) is 19.6 Å². The summed E-state index contributed by atoms with van der Waals surface area (Å²) in [4.78, 5) is 8.34. The van der Waals surface area contributed by atoms with Gasteiger partial charge in [-0.1, -0.05) is 35.3 Å². The van der Waals surface area contributed by atoms with Crippen molar-refractivity contribution in [1.82, 2.24) is 4.98 Å². The first-order chi connectivity index (χ1) is 12.5. The minimum Gasteiger partial charge on any atom is -0.263 e. The van der Waals surface area contributed by atoms with E-state index in [1.165, 1.54) is 18.3 Å². The van der Waals surface area contributed by atoms with E-state index in [2.05, 4.69) is 14.7 Å². The number of pyridine rings is 1. The number of hydrogen-bond acceptors (Lipinski definition) is 4. The molecule has 0 spiro atoms. The van der Waals surface area contributed by atoms with Crippen molar-refractivity contribution in [2.75, 3.05) is 4.72 Å². The first-order valence-electron chi connectivity index (χ1n) is 7.48. The van der Waals surface area contributed by atoms with Gasteiger partial charge in [-0.25, -0.2) is 13.4 Å². The summed E-state index contributed by atoms with van der Waals surface area (Å²) in [6.07, 6.45) is 3.05. The maximum absolute atomic E-state index is 12.4. The van der Waals surface area contributed by atoms with Crippen molar-refractivity contribution in [3.05, 3.63) is 82.5 Å². The molecule has 0 aliphatic carbocycles. The summed E-state index contributed by atoms with van der Waals surface area (Å²) in [6.45, 7) is 0. The van der Waals surface area contributed by atoms with Gasteiger partial charge in [0.15, 0.2) is 0 Å². The van der Waals surface area contributed by atoms with Crippen LogP contribution in [0.4, 0.5) is 11.5 Å². The number of sulfonamides is 1. The molecule has 0 aliphatic heterocycles. The number of anilines is 1. The number of nitrogens with one attached hydrogen (secondary N) is 1. The zero-order valence-corrected chi connectivity index (χ0v) is 15.6. The summed E-state index contributed by atoms with van der Waals surface area (Å²) in [6, 6.07) is 16.3. The smallest absolute Gasteiger partial charge is 0.263 e. The quantitative estimate of drug-likeness (QED) is 0.610. The Balaban J connectivity index is 1.79. The number of aromatic nitrogens is 1. The SMILES string of the molecule is O=S(=O)(Nc1ccccn1)c1ccc(N=Cc2c(Cl)cccc2Cl)cc1. The number of halogens is 2.